The van der Waals surface area contributed by atoms with E-state index in [2.05, 4.69) is 34.0 Å². The van der Waals surface area contributed by atoms with Crippen LogP contribution < -0.4 is 5.32 Å². The number of nitrogens with zero attached hydrogens (tertiary/aromatic N) is 4. The molecular weight excluding hydrogens is 366 g/mol. The minimum atomic E-state index is -0.521. The quantitative estimate of drug-likeness (QED) is 0.447. The Morgan fingerprint density at radius 1 is 1.41 bits per heavy atom. The van der Waals surface area contributed by atoms with E-state index in [-0.39, 0.29) is 6.09 Å². The van der Waals surface area contributed by atoms with Gasteiger partial charge in [-0.3, -0.25) is 9.98 Å². The van der Waals surface area contributed by atoms with Crippen molar-refractivity contribution in [1.82, 2.24) is 20.1 Å². The highest BCUT2D eigenvalue weighted by Gasteiger charge is 2.30. The lowest BCUT2D eigenvalue weighted by Crippen LogP contribution is -2.42. The molecule has 162 valence electrons. The van der Waals surface area contributed by atoms with Gasteiger partial charge in [-0.15, -0.1) is 0 Å². The summed E-state index contributed by atoms with van der Waals surface area (Å²) in [6, 6.07) is 3.85. The van der Waals surface area contributed by atoms with Crippen LogP contribution in [0.25, 0.3) is 0 Å². The summed E-state index contributed by atoms with van der Waals surface area (Å²) in [5.74, 6) is 0.937. The molecule has 0 aromatic carbocycles. The molecule has 0 saturated carbocycles. The largest absolute Gasteiger partial charge is 0.444 e. The molecule has 0 aliphatic carbocycles. The van der Waals surface area contributed by atoms with Gasteiger partial charge in [-0.2, -0.15) is 0 Å². The van der Waals surface area contributed by atoms with E-state index in [4.69, 9.17) is 4.74 Å². The zero-order valence-corrected chi connectivity index (χ0v) is 18.9. The second kappa shape index (κ2) is 9.94. The van der Waals surface area contributed by atoms with Crippen LogP contribution in [0.15, 0.2) is 29.5 Å². The van der Waals surface area contributed by atoms with Crippen molar-refractivity contribution in [3.63, 3.8) is 0 Å². The Morgan fingerprint density at radius 2 is 2.17 bits per heavy atom. The SMILES string of the molecule is CN=C(NCCCN(Cc1cccnc1)C(=O)OC(C)(C)C)N1CCC(C)(C)C1. The van der Waals surface area contributed by atoms with E-state index in [1.54, 1.807) is 17.3 Å². The number of guanidine groups is 1. The molecule has 1 aromatic heterocycles. The molecule has 1 saturated heterocycles. The normalized spacial score (nSPS) is 16.6. The molecule has 0 unspecified atom stereocenters. The number of carbonyl (C=O) groups is 1. The van der Waals surface area contributed by atoms with Crippen molar-refractivity contribution >= 4 is 12.1 Å². The molecule has 1 fully saturated rings. The van der Waals surface area contributed by atoms with Crippen LogP contribution in [-0.4, -0.2) is 65.7 Å². The van der Waals surface area contributed by atoms with Gasteiger partial charge in [0.15, 0.2) is 5.96 Å². The molecule has 1 aromatic rings. The van der Waals surface area contributed by atoms with Crippen molar-refractivity contribution < 1.29 is 9.53 Å². The smallest absolute Gasteiger partial charge is 0.410 e. The van der Waals surface area contributed by atoms with Gasteiger partial charge in [0.05, 0.1) is 6.54 Å². The average molecular weight is 404 g/mol. The second-order valence-corrected chi connectivity index (χ2v) is 9.43. The van der Waals surface area contributed by atoms with E-state index in [1.165, 1.54) is 6.42 Å². The van der Waals surface area contributed by atoms with Crippen molar-refractivity contribution in [3.05, 3.63) is 30.1 Å². The third-order valence-corrected chi connectivity index (χ3v) is 4.82. The topological polar surface area (TPSA) is 70.1 Å². The average Bonchev–Trinajstić information content (AvgIpc) is 2.99. The molecule has 2 rings (SSSR count). The second-order valence-electron chi connectivity index (χ2n) is 9.43. The maximum atomic E-state index is 12.7. The predicted molar refractivity (Wildman–Crippen MR) is 117 cm³/mol. The van der Waals surface area contributed by atoms with Crippen molar-refractivity contribution in [2.75, 3.05) is 33.2 Å². The molecule has 0 spiro atoms. The van der Waals surface area contributed by atoms with Gasteiger partial charge in [-0.1, -0.05) is 19.9 Å². The third kappa shape index (κ3) is 7.91. The van der Waals surface area contributed by atoms with Crippen molar-refractivity contribution in [3.8, 4) is 0 Å². The summed E-state index contributed by atoms with van der Waals surface area (Å²) in [6.07, 6.45) is 5.19. The minimum Gasteiger partial charge on any atom is -0.444 e. The van der Waals surface area contributed by atoms with E-state index in [9.17, 15) is 4.79 Å². The van der Waals surface area contributed by atoms with E-state index in [0.717, 1.165) is 37.6 Å². The zero-order chi connectivity index (χ0) is 21.5. The molecule has 29 heavy (non-hydrogen) atoms. The third-order valence-electron chi connectivity index (χ3n) is 4.82. The van der Waals surface area contributed by atoms with Crippen LogP contribution in [0.3, 0.4) is 0 Å². The fraction of sp³-hybridized carbons (Fsp3) is 0.682. The van der Waals surface area contributed by atoms with Gasteiger partial charge < -0.3 is 19.9 Å². The molecule has 0 bridgehead atoms. The van der Waals surface area contributed by atoms with Crippen LogP contribution in [0.4, 0.5) is 4.79 Å². The lowest BCUT2D eigenvalue weighted by atomic mass is 9.93. The molecule has 7 nitrogen and oxygen atoms in total. The predicted octanol–water partition coefficient (Wildman–Crippen LogP) is 3.52. The first kappa shape index (κ1) is 23.0. The number of hydrogen-bond acceptors (Lipinski definition) is 4. The maximum absolute atomic E-state index is 12.7. The standard InChI is InChI=1S/C22H37N5O2/c1-21(2,3)29-20(28)26(16-18-9-7-11-24-15-18)13-8-12-25-19(23-6)27-14-10-22(4,5)17-27/h7,9,11,15H,8,10,12-14,16-17H2,1-6H3,(H,23,25). The Hall–Kier alpha value is -2.31. The maximum Gasteiger partial charge on any atom is 0.410 e. The highest BCUT2D eigenvalue weighted by molar-refractivity contribution is 5.80. The fourth-order valence-corrected chi connectivity index (χ4v) is 3.37. The van der Waals surface area contributed by atoms with E-state index >= 15 is 0 Å². The van der Waals surface area contributed by atoms with Crippen LogP contribution in [-0.2, 0) is 11.3 Å². The number of amides is 1. The lowest BCUT2D eigenvalue weighted by molar-refractivity contribution is 0.0232. The summed E-state index contributed by atoms with van der Waals surface area (Å²) in [6.45, 7) is 14.1. The highest BCUT2D eigenvalue weighted by Crippen LogP contribution is 2.28. The monoisotopic (exact) mass is 403 g/mol. The van der Waals surface area contributed by atoms with Crippen molar-refractivity contribution in [1.29, 1.82) is 0 Å². The van der Waals surface area contributed by atoms with Gasteiger partial charge in [0.25, 0.3) is 0 Å². The van der Waals surface area contributed by atoms with Crippen LogP contribution in [0.5, 0.6) is 0 Å². The summed E-state index contributed by atoms with van der Waals surface area (Å²) >= 11 is 0. The van der Waals surface area contributed by atoms with E-state index < -0.39 is 5.60 Å². The molecule has 2 heterocycles. The van der Waals surface area contributed by atoms with Gasteiger partial charge in [0.1, 0.15) is 5.60 Å². The van der Waals surface area contributed by atoms with E-state index in [0.29, 0.717) is 18.5 Å². The van der Waals surface area contributed by atoms with Crippen molar-refractivity contribution in [2.24, 2.45) is 10.4 Å². The van der Waals surface area contributed by atoms with Gasteiger partial charge in [-0.05, 0) is 50.7 Å². The number of carbonyl (C=O) groups excluding carboxylic acids is 1. The molecule has 1 amide bonds. The fourth-order valence-electron chi connectivity index (χ4n) is 3.37. The number of aliphatic imine (C=N–C) groups is 1. The molecule has 1 aliphatic heterocycles. The lowest BCUT2D eigenvalue weighted by Gasteiger charge is -2.28. The van der Waals surface area contributed by atoms with Crippen LogP contribution >= 0.6 is 0 Å². The summed E-state index contributed by atoms with van der Waals surface area (Å²) in [4.78, 5) is 25.3. The number of likely N-dealkylation sites (tertiary alicyclic amines) is 1. The molecule has 1 N–H and O–H groups in total. The number of hydrogen-bond donors (Lipinski definition) is 1. The number of rotatable bonds is 6. The molecule has 7 heteroatoms. The number of pyridine rings is 1. The van der Waals surface area contributed by atoms with Gasteiger partial charge >= 0.3 is 6.09 Å². The number of ether oxygens (including phenoxy) is 1. The Balaban J connectivity index is 1.89. The summed E-state index contributed by atoms with van der Waals surface area (Å²) in [5, 5.41) is 3.44. The Labute approximate surface area is 175 Å². The highest BCUT2D eigenvalue weighted by atomic mass is 16.6. The zero-order valence-electron chi connectivity index (χ0n) is 18.9. The Kier molecular flexibility index (Phi) is 7.88. The van der Waals surface area contributed by atoms with Crippen LogP contribution in [0.2, 0.25) is 0 Å². The summed E-state index contributed by atoms with van der Waals surface area (Å²) < 4.78 is 5.59. The number of aromatic nitrogens is 1. The Bertz CT molecular complexity index is 682. The molecule has 1 aliphatic rings. The molecular formula is C22H37N5O2. The Morgan fingerprint density at radius 3 is 2.72 bits per heavy atom. The van der Waals surface area contributed by atoms with E-state index in [1.807, 2.05) is 40.0 Å². The number of nitrogens with one attached hydrogen (secondary N) is 1. The minimum absolute atomic E-state index is 0.299. The first-order valence-electron chi connectivity index (χ1n) is 10.4. The molecule has 0 atom stereocenters. The van der Waals surface area contributed by atoms with Crippen LogP contribution in [0, 0.1) is 5.41 Å². The first-order valence-corrected chi connectivity index (χ1v) is 10.4. The summed E-state index contributed by atoms with van der Waals surface area (Å²) in [7, 11) is 1.82. The molecule has 0 radical (unpaired) electrons. The van der Waals surface area contributed by atoms with Gasteiger partial charge in [0, 0.05) is 45.6 Å². The van der Waals surface area contributed by atoms with Crippen molar-refractivity contribution in [2.45, 2.75) is 59.6 Å². The van der Waals surface area contributed by atoms with Gasteiger partial charge in [-0.25, -0.2) is 4.79 Å². The first-order chi connectivity index (χ1) is 13.6. The summed E-state index contributed by atoms with van der Waals surface area (Å²) in [5.41, 5.74) is 0.795. The van der Waals surface area contributed by atoms with Gasteiger partial charge in [0.2, 0.25) is 0 Å². The van der Waals surface area contributed by atoms with Crippen LogP contribution in [0.1, 0.15) is 53.0 Å².